The molecular formula is C21H30N2O. The molecule has 3 nitrogen and oxygen atoms in total. The number of nitrogens with zero attached hydrogens (tertiary/aromatic N) is 2. The fourth-order valence-electron chi connectivity index (χ4n) is 2.90. The van der Waals surface area contributed by atoms with Gasteiger partial charge in [-0.2, -0.15) is 0 Å². The highest BCUT2D eigenvalue weighted by Gasteiger charge is 2.26. The van der Waals surface area contributed by atoms with Crippen molar-refractivity contribution >= 4 is 5.91 Å². The zero-order valence-corrected chi connectivity index (χ0v) is 15.3. The minimum Gasteiger partial charge on any atom is -0.372 e. The Hall–Kier alpha value is -2.29. The van der Waals surface area contributed by atoms with Crippen LogP contribution in [0.1, 0.15) is 26.7 Å². The zero-order chi connectivity index (χ0) is 18.3. The zero-order valence-electron chi connectivity index (χ0n) is 15.3. The quantitative estimate of drug-likeness (QED) is 0.516. The molecule has 0 aromatic heterocycles. The van der Waals surface area contributed by atoms with Crippen LogP contribution in [-0.2, 0) is 4.79 Å². The molecule has 0 bridgehead atoms. The third-order valence-electron chi connectivity index (χ3n) is 4.53. The molecule has 0 radical (unpaired) electrons. The van der Waals surface area contributed by atoms with Crippen molar-refractivity contribution in [3.8, 4) is 0 Å². The summed E-state index contributed by atoms with van der Waals surface area (Å²) in [6.07, 6.45) is 9.27. The Morgan fingerprint density at radius 1 is 1.17 bits per heavy atom. The molecule has 0 aliphatic carbocycles. The highest BCUT2D eigenvalue weighted by Crippen LogP contribution is 2.23. The van der Waals surface area contributed by atoms with Crippen LogP contribution < -0.4 is 0 Å². The average Bonchev–Trinajstić information content (AvgIpc) is 2.59. The van der Waals surface area contributed by atoms with Crippen molar-refractivity contribution in [3.05, 3.63) is 73.0 Å². The van der Waals surface area contributed by atoms with Crippen LogP contribution in [0.4, 0.5) is 0 Å². The second-order valence-corrected chi connectivity index (χ2v) is 6.28. The van der Waals surface area contributed by atoms with E-state index in [1.165, 1.54) is 6.08 Å². The van der Waals surface area contributed by atoms with Gasteiger partial charge in [0, 0.05) is 37.4 Å². The molecule has 24 heavy (non-hydrogen) atoms. The second-order valence-electron chi connectivity index (χ2n) is 6.28. The number of allylic oxidation sites excluding steroid dienone is 5. The Balaban J connectivity index is 2.66. The Morgan fingerprint density at radius 2 is 1.75 bits per heavy atom. The standard InChI is InChI=1S/C21H30N2O/c1-8-10-16(3)15-18(5)19(6)22(7)20-11-13-23(14-12-20)21(24)17(4)9-2/h8-10,15,20H,1-2,4,6,11-14H2,3,5,7H3. The first kappa shape index (κ1) is 19.8. The average molecular weight is 326 g/mol. The maximum absolute atomic E-state index is 12.1. The van der Waals surface area contributed by atoms with E-state index in [2.05, 4.69) is 58.2 Å². The summed E-state index contributed by atoms with van der Waals surface area (Å²) < 4.78 is 0. The molecular weight excluding hydrogens is 296 g/mol. The lowest BCUT2D eigenvalue weighted by molar-refractivity contribution is -0.128. The SMILES string of the molecule is C=CC=C(C)C=C(C)C(=C)N(C)C1CCN(C(=O)C(=C)C=C)CC1. The van der Waals surface area contributed by atoms with Gasteiger partial charge < -0.3 is 9.80 Å². The van der Waals surface area contributed by atoms with E-state index in [4.69, 9.17) is 0 Å². The van der Waals surface area contributed by atoms with Crippen LogP contribution in [0, 0.1) is 0 Å². The van der Waals surface area contributed by atoms with E-state index < -0.39 is 0 Å². The number of hydrogen-bond acceptors (Lipinski definition) is 2. The molecule has 1 fully saturated rings. The van der Waals surface area contributed by atoms with E-state index >= 15 is 0 Å². The molecule has 0 unspecified atom stereocenters. The summed E-state index contributed by atoms with van der Waals surface area (Å²) in [6, 6.07) is 0.394. The van der Waals surface area contributed by atoms with Gasteiger partial charge in [-0.15, -0.1) is 0 Å². The maximum atomic E-state index is 12.1. The van der Waals surface area contributed by atoms with Crippen LogP contribution in [0.15, 0.2) is 73.0 Å². The number of carbonyl (C=O) groups is 1. The molecule has 0 aromatic rings. The van der Waals surface area contributed by atoms with Crippen molar-refractivity contribution in [2.24, 2.45) is 0 Å². The van der Waals surface area contributed by atoms with E-state index in [1.807, 2.05) is 11.0 Å². The number of likely N-dealkylation sites (tertiary alicyclic amines) is 1. The molecule has 3 heteroatoms. The first-order chi connectivity index (χ1) is 11.3. The van der Waals surface area contributed by atoms with E-state index in [0.29, 0.717) is 11.6 Å². The number of rotatable bonds is 7. The summed E-state index contributed by atoms with van der Waals surface area (Å²) in [5, 5.41) is 0. The van der Waals surface area contributed by atoms with Crippen molar-refractivity contribution in [3.63, 3.8) is 0 Å². The lowest BCUT2D eigenvalue weighted by Crippen LogP contribution is -2.45. The summed E-state index contributed by atoms with van der Waals surface area (Å²) >= 11 is 0. The van der Waals surface area contributed by atoms with Gasteiger partial charge in [0.2, 0.25) is 0 Å². The summed E-state index contributed by atoms with van der Waals surface area (Å²) in [7, 11) is 2.08. The minimum absolute atomic E-state index is 0.00815. The number of amides is 1. The van der Waals surface area contributed by atoms with E-state index in [9.17, 15) is 4.79 Å². The molecule has 0 atom stereocenters. The van der Waals surface area contributed by atoms with Crippen LogP contribution in [-0.4, -0.2) is 41.9 Å². The van der Waals surface area contributed by atoms with Crippen LogP contribution >= 0.6 is 0 Å². The number of carbonyl (C=O) groups excluding carboxylic acids is 1. The van der Waals surface area contributed by atoms with Crippen molar-refractivity contribution in [1.29, 1.82) is 0 Å². The monoisotopic (exact) mass is 326 g/mol. The Morgan fingerprint density at radius 3 is 2.25 bits per heavy atom. The van der Waals surface area contributed by atoms with Gasteiger partial charge >= 0.3 is 0 Å². The van der Waals surface area contributed by atoms with E-state index in [0.717, 1.165) is 42.8 Å². The van der Waals surface area contributed by atoms with Crippen LogP contribution in [0.5, 0.6) is 0 Å². The number of piperidine rings is 1. The summed E-state index contributed by atoms with van der Waals surface area (Å²) in [5.41, 5.74) is 3.79. The fourth-order valence-corrected chi connectivity index (χ4v) is 2.90. The van der Waals surface area contributed by atoms with Crippen LogP contribution in [0.3, 0.4) is 0 Å². The summed E-state index contributed by atoms with van der Waals surface area (Å²) in [6.45, 7) is 20.9. The third kappa shape index (κ3) is 5.12. The lowest BCUT2D eigenvalue weighted by atomic mass is 10.0. The van der Waals surface area contributed by atoms with E-state index in [1.54, 1.807) is 6.08 Å². The predicted molar refractivity (Wildman–Crippen MR) is 104 cm³/mol. The van der Waals surface area contributed by atoms with Crippen molar-refractivity contribution in [1.82, 2.24) is 9.80 Å². The first-order valence-electron chi connectivity index (χ1n) is 8.32. The highest BCUT2D eigenvalue weighted by molar-refractivity contribution is 5.95. The van der Waals surface area contributed by atoms with Gasteiger partial charge in [-0.05, 0) is 32.3 Å². The van der Waals surface area contributed by atoms with E-state index in [-0.39, 0.29) is 5.91 Å². The minimum atomic E-state index is -0.00815. The molecule has 1 amide bonds. The predicted octanol–water partition coefficient (Wildman–Crippen LogP) is 4.24. The molecule has 0 saturated carbocycles. The van der Waals surface area contributed by atoms with Crippen LogP contribution in [0.2, 0.25) is 0 Å². The van der Waals surface area contributed by atoms with Gasteiger partial charge in [0.05, 0.1) is 0 Å². The summed E-state index contributed by atoms with van der Waals surface area (Å²) in [5.74, 6) is -0.00815. The number of likely N-dealkylation sites (N-methyl/N-ethyl adjacent to an activating group) is 1. The molecule has 1 aliphatic rings. The topological polar surface area (TPSA) is 23.6 Å². The largest absolute Gasteiger partial charge is 0.372 e. The molecule has 0 spiro atoms. The van der Waals surface area contributed by atoms with Crippen molar-refractivity contribution in [2.75, 3.05) is 20.1 Å². The maximum Gasteiger partial charge on any atom is 0.253 e. The molecule has 1 aliphatic heterocycles. The fraction of sp³-hybridized carbons (Fsp3) is 0.381. The smallest absolute Gasteiger partial charge is 0.253 e. The van der Waals surface area contributed by atoms with Gasteiger partial charge in [-0.3, -0.25) is 4.79 Å². The van der Waals surface area contributed by atoms with Gasteiger partial charge in [-0.1, -0.05) is 56.2 Å². The first-order valence-corrected chi connectivity index (χ1v) is 8.32. The van der Waals surface area contributed by atoms with Crippen LogP contribution in [0.25, 0.3) is 0 Å². The summed E-state index contributed by atoms with van der Waals surface area (Å²) in [4.78, 5) is 16.2. The van der Waals surface area contributed by atoms with Gasteiger partial charge in [0.25, 0.3) is 5.91 Å². The molecule has 1 rings (SSSR count). The second kappa shape index (κ2) is 9.11. The Bertz CT molecular complexity index is 587. The highest BCUT2D eigenvalue weighted by atomic mass is 16.2. The molecule has 1 saturated heterocycles. The normalized spacial score (nSPS) is 16.5. The third-order valence-corrected chi connectivity index (χ3v) is 4.53. The van der Waals surface area contributed by atoms with Crippen molar-refractivity contribution < 1.29 is 4.79 Å². The molecule has 130 valence electrons. The van der Waals surface area contributed by atoms with Gasteiger partial charge in [-0.25, -0.2) is 0 Å². The molecule has 1 heterocycles. The van der Waals surface area contributed by atoms with Gasteiger partial charge in [0.15, 0.2) is 0 Å². The van der Waals surface area contributed by atoms with Gasteiger partial charge in [0.1, 0.15) is 0 Å². The Kier molecular flexibility index (Phi) is 7.50. The number of hydrogen-bond donors (Lipinski definition) is 0. The molecule has 0 aromatic carbocycles. The molecule has 0 N–H and O–H groups in total. The Labute approximate surface area is 147 Å². The lowest BCUT2D eigenvalue weighted by Gasteiger charge is -2.39. The van der Waals surface area contributed by atoms with Crippen molar-refractivity contribution in [2.45, 2.75) is 32.7 Å².